The number of aliphatic hydroxyl groups is 2. The molecule has 1 aromatic carbocycles. The maximum absolute atomic E-state index is 13.4. The Hall–Kier alpha value is -2.50. The molecule has 0 saturated heterocycles. The van der Waals surface area contributed by atoms with Crippen molar-refractivity contribution in [3.8, 4) is 5.75 Å². The number of fused-ring (bicyclic) bond motifs is 4. The monoisotopic (exact) mass is 630 g/mol. The average Bonchev–Trinajstić information content (AvgIpc) is 3.01. The number of aromatic hydroxyl groups is 1. The minimum Gasteiger partial charge on any atom is -0.507 e. The Kier molecular flexibility index (Phi) is 9.48. The van der Waals surface area contributed by atoms with Crippen LogP contribution in [0, 0.1) is 24.2 Å². The third kappa shape index (κ3) is 5.82. The summed E-state index contributed by atoms with van der Waals surface area (Å²) in [6, 6.07) is 1.63. The van der Waals surface area contributed by atoms with Crippen molar-refractivity contribution in [1.29, 1.82) is 0 Å². The molecule has 3 N–H and O–H groups in total. The third-order valence-corrected chi connectivity index (χ3v) is 11.0. The number of hydrogen-bond acceptors (Lipinski definition) is 10. The summed E-state index contributed by atoms with van der Waals surface area (Å²) in [5.41, 5.74) is -0.916. The number of phenols is 1. The number of carbonyl (C=O) groups is 2. The Bertz CT molecular complexity index is 1340. The molecular weight excluding hydrogens is 580 g/mol. The van der Waals surface area contributed by atoms with Gasteiger partial charge in [-0.25, -0.2) is 4.79 Å². The molecule has 5 rings (SSSR count). The highest BCUT2D eigenvalue weighted by atomic mass is 17.2. The van der Waals surface area contributed by atoms with Gasteiger partial charge in [0.1, 0.15) is 29.1 Å². The van der Waals surface area contributed by atoms with E-state index in [9.17, 15) is 24.9 Å². The van der Waals surface area contributed by atoms with E-state index in [1.54, 1.807) is 27.0 Å². The molecule has 10 nitrogen and oxygen atoms in total. The number of carbonyl (C=O) groups excluding carboxylic acids is 2. The number of esters is 1. The zero-order valence-corrected chi connectivity index (χ0v) is 27.7. The molecule has 2 aliphatic heterocycles. The first kappa shape index (κ1) is 33.9. The van der Waals surface area contributed by atoms with Gasteiger partial charge in [-0.1, -0.05) is 52.5 Å². The van der Waals surface area contributed by atoms with Crippen molar-refractivity contribution in [3.63, 3.8) is 0 Å². The van der Waals surface area contributed by atoms with Gasteiger partial charge < -0.3 is 29.5 Å². The van der Waals surface area contributed by atoms with Gasteiger partial charge in [0.25, 0.3) is 0 Å². The lowest BCUT2D eigenvalue weighted by Crippen LogP contribution is -2.69. The van der Waals surface area contributed by atoms with Crippen LogP contribution in [0.1, 0.15) is 113 Å². The lowest BCUT2D eigenvalue weighted by atomic mass is 9.47. The maximum atomic E-state index is 13.4. The first-order valence-electron chi connectivity index (χ1n) is 16.4. The van der Waals surface area contributed by atoms with E-state index >= 15 is 0 Å². The highest BCUT2D eigenvalue weighted by Crippen LogP contribution is 2.61. The predicted octanol–water partition coefficient (Wildman–Crippen LogP) is 5.18. The number of ether oxygens (including phenoxy) is 3. The highest BCUT2D eigenvalue weighted by molar-refractivity contribution is 5.94. The number of methoxy groups -OCH3 is 1. The molecular formula is C35H50O10. The normalized spacial score (nSPS) is 35.4. The molecule has 45 heavy (non-hydrogen) atoms. The van der Waals surface area contributed by atoms with Crippen molar-refractivity contribution in [3.05, 3.63) is 40.0 Å². The molecule has 1 fully saturated rings. The van der Waals surface area contributed by atoms with Crippen molar-refractivity contribution in [2.45, 2.75) is 129 Å². The second-order valence-electron chi connectivity index (χ2n) is 14.4. The van der Waals surface area contributed by atoms with Crippen molar-refractivity contribution in [1.82, 2.24) is 0 Å². The molecule has 1 aromatic rings. The van der Waals surface area contributed by atoms with Gasteiger partial charge in [0.05, 0.1) is 30.3 Å². The van der Waals surface area contributed by atoms with E-state index in [-0.39, 0.29) is 30.4 Å². The molecule has 2 aliphatic carbocycles. The van der Waals surface area contributed by atoms with Gasteiger partial charge in [-0.3, -0.25) is 9.68 Å². The minimum atomic E-state index is -1.60. The van der Waals surface area contributed by atoms with Crippen LogP contribution < -0.4 is 0 Å². The summed E-state index contributed by atoms with van der Waals surface area (Å²) in [5.74, 6) is -2.73. The zero-order chi connectivity index (χ0) is 32.9. The third-order valence-electron chi connectivity index (χ3n) is 11.0. The SMILES string of the molecule is CCCCCC[C@@H]1Cc2cc(O)c3c(C)c2[C@H](O1)[C@H]1[C@@H](OC)C=C(COC(C)=O)[C@H]2CC(C)(C)[C@]2(O)[C@@H](O)C[C@]1(C)OOC3=O. The van der Waals surface area contributed by atoms with Gasteiger partial charge >= 0.3 is 11.9 Å². The van der Waals surface area contributed by atoms with Gasteiger partial charge in [-0.15, -0.1) is 0 Å². The Morgan fingerprint density at radius 2 is 1.89 bits per heavy atom. The predicted molar refractivity (Wildman–Crippen MR) is 164 cm³/mol. The van der Waals surface area contributed by atoms with Gasteiger partial charge in [-0.05, 0) is 66.9 Å². The first-order valence-corrected chi connectivity index (χ1v) is 16.4. The molecule has 0 unspecified atom stereocenters. The number of unbranched alkanes of at least 4 members (excludes halogenated alkanes) is 3. The van der Waals surface area contributed by atoms with Crippen LogP contribution in [0.4, 0.5) is 0 Å². The van der Waals surface area contributed by atoms with Crippen LogP contribution in [0.5, 0.6) is 5.75 Å². The largest absolute Gasteiger partial charge is 0.507 e. The van der Waals surface area contributed by atoms with Crippen LogP contribution in [-0.4, -0.2) is 70.5 Å². The second-order valence-corrected chi connectivity index (χ2v) is 14.4. The van der Waals surface area contributed by atoms with Crippen molar-refractivity contribution >= 4 is 11.9 Å². The van der Waals surface area contributed by atoms with E-state index < -0.39 is 58.7 Å². The molecule has 4 aliphatic rings. The zero-order valence-electron chi connectivity index (χ0n) is 27.7. The Balaban J connectivity index is 1.70. The lowest BCUT2D eigenvalue weighted by molar-refractivity contribution is -0.353. The average molecular weight is 631 g/mol. The summed E-state index contributed by atoms with van der Waals surface area (Å²) >= 11 is 0. The van der Waals surface area contributed by atoms with Crippen LogP contribution in [0.3, 0.4) is 0 Å². The molecule has 250 valence electrons. The van der Waals surface area contributed by atoms with Crippen LogP contribution in [0.2, 0.25) is 0 Å². The van der Waals surface area contributed by atoms with E-state index in [4.69, 9.17) is 24.0 Å². The van der Waals surface area contributed by atoms with E-state index in [0.717, 1.165) is 43.2 Å². The fourth-order valence-electron chi connectivity index (χ4n) is 8.53. The highest BCUT2D eigenvalue weighted by Gasteiger charge is 2.67. The molecule has 0 spiro atoms. The smallest absolute Gasteiger partial charge is 0.377 e. The fourth-order valence-corrected chi connectivity index (χ4v) is 8.53. The van der Waals surface area contributed by atoms with Gasteiger partial charge in [-0.2, -0.15) is 4.89 Å². The molecule has 0 radical (unpaired) electrons. The van der Waals surface area contributed by atoms with Crippen LogP contribution in [-0.2, 0) is 35.2 Å². The number of benzene rings is 1. The fraction of sp³-hybridized carbons (Fsp3) is 0.714. The van der Waals surface area contributed by atoms with E-state index in [2.05, 4.69) is 6.92 Å². The molecule has 1 saturated carbocycles. The summed E-state index contributed by atoms with van der Waals surface area (Å²) in [4.78, 5) is 36.9. The topological polar surface area (TPSA) is 141 Å². The Labute approximate surface area is 266 Å². The van der Waals surface area contributed by atoms with Crippen LogP contribution >= 0.6 is 0 Å². The van der Waals surface area contributed by atoms with E-state index in [0.29, 0.717) is 24.0 Å². The van der Waals surface area contributed by atoms with Crippen LogP contribution in [0.25, 0.3) is 0 Å². The quantitative estimate of drug-likeness (QED) is 0.152. The molecule has 0 amide bonds. The number of aliphatic hydroxyl groups excluding tert-OH is 1. The summed E-state index contributed by atoms with van der Waals surface area (Å²) in [5, 5.41) is 35.2. The second kappa shape index (κ2) is 12.6. The Morgan fingerprint density at radius 3 is 2.53 bits per heavy atom. The molecule has 0 aromatic heterocycles. The summed E-state index contributed by atoms with van der Waals surface area (Å²) in [6.07, 6.45) is 5.05. The van der Waals surface area contributed by atoms with Crippen molar-refractivity contribution in [2.24, 2.45) is 17.3 Å². The first-order chi connectivity index (χ1) is 21.2. The molecule has 2 heterocycles. The number of rotatable bonds is 8. The number of hydrogen-bond donors (Lipinski definition) is 3. The van der Waals surface area contributed by atoms with E-state index in [1.807, 2.05) is 19.9 Å². The lowest BCUT2D eigenvalue weighted by Gasteiger charge is -2.61. The van der Waals surface area contributed by atoms with E-state index in [1.165, 1.54) is 6.92 Å². The summed E-state index contributed by atoms with van der Waals surface area (Å²) in [6.45, 7) is 10.7. The molecule has 8 atom stereocenters. The summed E-state index contributed by atoms with van der Waals surface area (Å²) in [7, 11) is 1.57. The van der Waals surface area contributed by atoms with Crippen LogP contribution in [0.15, 0.2) is 17.7 Å². The number of phenolic OH excluding ortho intramolecular Hbond substituents is 1. The van der Waals surface area contributed by atoms with Crippen molar-refractivity contribution < 1.29 is 48.9 Å². The van der Waals surface area contributed by atoms with Crippen molar-refractivity contribution in [2.75, 3.05) is 13.7 Å². The minimum absolute atomic E-state index is 0.00161. The van der Waals surface area contributed by atoms with Gasteiger partial charge in [0, 0.05) is 26.4 Å². The maximum Gasteiger partial charge on any atom is 0.377 e. The standard InChI is InChI=1S/C35H50O10/c1-8-9-10-11-12-23-13-21-14-25(37)29-19(2)28(21)31(43-23)30-26(41-7)15-22(18-42-20(3)36)24-16-33(4,5)35(24,40)27(38)17-34(30,6)45-44-32(29)39/h14-15,23-24,26-27,30-31,37-38,40H,8-13,16-18H2,1-7H3/t23-,24-,26+,27+,30-,31+,34+,35-/m1/s1. The summed E-state index contributed by atoms with van der Waals surface area (Å²) < 4.78 is 18.6. The molecule has 10 heteroatoms. The molecule has 2 bridgehead atoms. The van der Waals surface area contributed by atoms with Gasteiger partial charge in [0.15, 0.2) is 0 Å². The van der Waals surface area contributed by atoms with Gasteiger partial charge in [0.2, 0.25) is 0 Å². The Morgan fingerprint density at radius 1 is 1.16 bits per heavy atom.